The van der Waals surface area contributed by atoms with Crippen LogP contribution in [0.25, 0.3) is 0 Å². The number of carbonyl (C=O) groups excluding carboxylic acids is 3. The minimum absolute atomic E-state index is 0.0936. The molecule has 0 heterocycles. The first kappa shape index (κ1) is 59.6. The number of carbonyl (C=O) groups is 3. The van der Waals surface area contributed by atoms with Crippen molar-refractivity contribution in [3.63, 3.8) is 0 Å². The molecule has 0 fully saturated rings. The third-order valence-corrected chi connectivity index (χ3v) is 10.9. The summed E-state index contributed by atoms with van der Waals surface area (Å²) in [7, 11) is 0. The smallest absolute Gasteiger partial charge is 0.306 e. The van der Waals surface area contributed by atoms with Crippen LogP contribution >= 0.6 is 0 Å². The van der Waals surface area contributed by atoms with E-state index in [2.05, 4.69) is 106 Å². The Morgan fingerprint density at radius 3 is 1.16 bits per heavy atom. The van der Waals surface area contributed by atoms with E-state index < -0.39 is 6.10 Å². The molecule has 0 bridgehead atoms. The zero-order valence-corrected chi connectivity index (χ0v) is 41.1. The number of ether oxygens (including phenoxy) is 3. The molecule has 6 nitrogen and oxygen atoms in total. The highest BCUT2D eigenvalue weighted by molar-refractivity contribution is 5.71. The molecule has 1 atom stereocenters. The first-order chi connectivity index (χ1) is 31.0. The summed E-state index contributed by atoms with van der Waals surface area (Å²) in [4.78, 5) is 38.0. The summed E-state index contributed by atoms with van der Waals surface area (Å²) < 4.78 is 16.8. The van der Waals surface area contributed by atoms with E-state index in [4.69, 9.17) is 14.2 Å². The topological polar surface area (TPSA) is 78.9 Å². The molecule has 360 valence electrons. The van der Waals surface area contributed by atoms with Crippen LogP contribution in [0.1, 0.15) is 239 Å². The zero-order valence-electron chi connectivity index (χ0n) is 41.1. The lowest BCUT2D eigenvalue weighted by atomic mass is 10.1. The van der Waals surface area contributed by atoms with E-state index in [0.717, 1.165) is 116 Å². The Labute approximate surface area is 388 Å². The molecule has 0 N–H and O–H groups in total. The maximum atomic E-state index is 12.8. The van der Waals surface area contributed by atoms with E-state index in [1.807, 2.05) is 0 Å². The number of hydrogen-bond donors (Lipinski definition) is 0. The van der Waals surface area contributed by atoms with E-state index in [1.54, 1.807) is 0 Å². The van der Waals surface area contributed by atoms with Crippen LogP contribution in [0, 0.1) is 0 Å². The number of allylic oxidation sites excluding steroid dienone is 14. The lowest BCUT2D eigenvalue weighted by molar-refractivity contribution is -0.167. The number of hydrogen-bond acceptors (Lipinski definition) is 6. The molecule has 0 saturated heterocycles. The minimum Gasteiger partial charge on any atom is -0.462 e. The van der Waals surface area contributed by atoms with Gasteiger partial charge < -0.3 is 14.2 Å². The largest absolute Gasteiger partial charge is 0.462 e. The van der Waals surface area contributed by atoms with E-state index in [-0.39, 0.29) is 31.1 Å². The van der Waals surface area contributed by atoms with Gasteiger partial charge in [-0.3, -0.25) is 14.4 Å². The van der Waals surface area contributed by atoms with Gasteiger partial charge in [0.2, 0.25) is 0 Å². The van der Waals surface area contributed by atoms with E-state index in [1.165, 1.54) is 83.5 Å². The molecule has 63 heavy (non-hydrogen) atoms. The molecule has 6 heteroatoms. The fourth-order valence-corrected chi connectivity index (χ4v) is 7.04. The predicted molar refractivity (Wildman–Crippen MR) is 270 cm³/mol. The second kappa shape index (κ2) is 51.2. The average Bonchev–Trinajstić information content (AvgIpc) is 3.28. The van der Waals surface area contributed by atoms with Crippen LogP contribution in [-0.4, -0.2) is 37.2 Å². The Morgan fingerprint density at radius 2 is 0.698 bits per heavy atom. The molecule has 0 spiro atoms. The van der Waals surface area contributed by atoms with Gasteiger partial charge in [-0.05, 0) is 96.3 Å². The van der Waals surface area contributed by atoms with Crippen LogP contribution in [-0.2, 0) is 28.6 Å². The first-order valence-corrected chi connectivity index (χ1v) is 26.1. The van der Waals surface area contributed by atoms with E-state index in [0.29, 0.717) is 19.3 Å². The Balaban J connectivity index is 4.45. The Hall–Kier alpha value is -3.41. The molecule has 0 aromatic heterocycles. The molecular formula is C57H96O6. The summed E-state index contributed by atoms with van der Waals surface area (Å²) in [6.07, 6.45) is 65.6. The molecule has 0 aromatic rings. The van der Waals surface area contributed by atoms with E-state index >= 15 is 0 Å². The van der Waals surface area contributed by atoms with Crippen molar-refractivity contribution in [2.75, 3.05) is 13.2 Å². The molecule has 0 aliphatic heterocycles. The third-order valence-electron chi connectivity index (χ3n) is 10.9. The van der Waals surface area contributed by atoms with Crippen molar-refractivity contribution in [2.24, 2.45) is 0 Å². The summed E-state index contributed by atoms with van der Waals surface area (Å²) in [5.41, 5.74) is 0. The quantitative estimate of drug-likeness (QED) is 0.0199. The third kappa shape index (κ3) is 49.5. The van der Waals surface area contributed by atoms with Crippen molar-refractivity contribution < 1.29 is 28.6 Å². The van der Waals surface area contributed by atoms with Crippen molar-refractivity contribution in [3.05, 3.63) is 85.1 Å². The van der Waals surface area contributed by atoms with Gasteiger partial charge in [-0.25, -0.2) is 0 Å². The summed E-state index contributed by atoms with van der Waals surface area (Å²) in [6.45, 7) is 6.36. The van der Waals surface area contributed by atoms with Crippen LogP contribution in [0.5, 0.6) is 0 Å². The van der Waals surface area contributed by atoms with Crippen molar-refractivity contribution in [1.82, 2.24) is 0 Å². The fourth-order valence-electron chi connectivity index (χ4n) is 7.04. The van der Waals surface area contributed by atoms with Crippen LogP contribution in [0.2, 0.25) is 0 Å². The lowest BCUT2D eigenvalue weighted by Gasteiger charge is -2.18. The van der Waals surface area contributed by atoms with Crippen LogP contribution in [0.4, 0.5) is 0 Å². The summed E-state index contributed by atoms with van der Waals surface area (Å²) in [5, 5.41) is 0. The van der Waals surface area contributed by atoms with Crippen molar-refractivity contribution in [1.29, 1.82) is 0 Å². The van der Waals surface area contributed by atoms with Gasteiger partial charge in [0.25, 0.3) is 0 Å². The van der Waals surface area contributed by atoms with Gasteiger partial charge in [0.1, 0.15) is 13.2 Å². The van der Waals surface area contributed by atoms with E-state index in [9.17, 15) is 14.4 Å². The van der Waals surface area contributed by atoms with Gasteiger partial charge in [-0.1, -0.05) is 209 Å². The summed E-state index contributed by atoms with van der Waals surface area (Å²) in [6, 6.07) is 0. The van der Waals surface area contributed by atoms with Crippen LogP contribution < -0.4 is 0 Å². The van der Waals surface area contributed by atoms with Crippen LogP contribution in [0.15, 0.2) is 85.1 Å². The maximum Gasteiger partial charge on any atom is 0.306 e. The fraction of sp³-hybridized carbons (Fsp3) is 0.702. The summed E-state index contributed by atoms with van der Waals surface area (Å²) in [5.74, 6) is -0.936. The Morgan fingerprint density at radius 1 is 0.349 bits per heavy atom. The van der Waals surface area contributed by atoms with Gasteiger partial charge >= 0.3 is 17.9 Å². The van der Waals surface area contributed by atoms with Crippen molar-refractivity contribution in [2.45, 2.75) is 245 Å². The minimum atomic E-state index is -0.795. The molecular weight excluding hydrogens is 781 g/mol. The van der Waals surface area contributed by atoms with Gasteiger partial charge in [0.05, 0.1) is 0 Å². The molecule has 0 aromatic carbocycles. The Bertz CT molecular complexity index is 1240. The molecule has 0 amide bonds. The predicted octanol–water partition coefficient (Wildman–Crippen LogP) is 17.2. The number of unbranched alkanes of at least 4 members (excludes halogenated alkanes) is 23. The average molecular weight is 877 g/mol. The zero-order chi connectivity index (χ0) is 45.8. The highest BCUT2D eigenvalue weighted by Gasteiger charge is 2.19. The summed E-state index contributed by atoms with van der Waals surface area (Å²) >= 11 is 0. The highest BCUT2D eigenvalue weighted by atomic mass is 16.6. The monoisotopic (exact) mass is 877 g/mol. The lowest BCUT2D eigenvalue weighted by Crippen LogP contribution is -2.30. The second-order valence-electron chi connectivity index (χ2n) is 17.1. The number of esters is 3. The van der Waals surface area contributed by atoms with Gasteiger partial charge in [-0.15, -0.1) is 0 Å². The van der Waals surface area contributed by atoms with Gasteiger partial charge in [-0.2, -0.15) is 0 Å². The van der Waals surface area contributed by atoms with Crippen molar-refractivity contribution in [3.8, 4) is 0 Å². The molecule has 0 rings (SSSR count). The second-order valence-corrected chi connectivity index (χ2v) is 17.1. The van der Waals surface area contributed by atoms with Gasteiger partial charge in [0.15, 0.2) is 6.10 Å². The molecule has 0 saturated carbocycles. The normalized spacial score (nSPS) is 12.7. The molecule has 0 radical (unpaired) electrons. The SMILES string of the molecule is CC\C=C/C=C\C=C/CCCCCCCCCC(=O)OC(COC(=O)CCCCCC/C=C\C/C=C\C/C=C\CC)COC(=O)CCCCCCC/C=C\CCCCCCCCC. The van der Waals surface area contributed by atoms with Crippen LogP contribution in [0.3, 0.4) is 0 Å². The molecule has 0 aliphatic carbocycles. The Kier molecular flexibility index (Phi) is 48.5. The first-order valence-electron chi connectivity index (χ1n) is 26.1. The van der Waals surface area contributed by atoms with Gasteiger partial charge in [0, 0.05) is 19.3 Å². The maximum absolute atomic E-state index is 12.8. The highest BCUT2D eigenvalue weighted by Crippen LogP contribution is 2.14. The molecule has 0 aliphatic rings. The van der Waals surface area contributed by atoms with Crippen molar-refractivity contribution >= 4 is 17.9 Å². The molecule has 1 unspecified atom stereocenters. The number of rotatable bonds is 46. The standard InChI is InChI=1S/C57H96O6/c1-4-7-10-13-16-19-22-25-28-30-32-35-38-41-44-47-50-56(59)62-53-54(52-61-55(58)49-46-43-40-37-34-31-27-24-21-18-15-12-9-6-3)63-57(60)51-48-45-42-39-36-33-29-26-23-20-17-14-11-8-5-2/h8-9,11-12,14,17-18,20-21,23,27-28,30-31,54H,4-7,10,13,15-16,19,22,24-26,29,32-53H2,1-3H3/b11-8-,12-9-,17-14-,21-18-,23-20-,30-28-,31-27-.